The number of H-pyrrole nitrogens is 1. The molecule has 1 aliphatic rings. The van der Waals surface area contributed by atoms with Gasteiger partial charge in [-0.25, -0.2) is 4.98 Å². The van der Waals surface area contributed by atoms with Crippen LogP contribution in [0.2, 0.25) is 0 Å². The molecular formula is C19H29N5OS. The van der Waals surface area contributed by atoms with E-state index in [0.717, 1.165) is 67.2 Å². The second-order valence-corrected chi connectivity index (χ2v) is 8.75. The maximum absolute atomic E-state index is 12.1. The topological polar surface area (TPSA) is 82.2 Å². The minimum absolute atomic E-state index is 0.319. The quantitative estimate of drug-likeness (QED) is 0.535. The first-order valence-electron chi connectivity index (χ1n) is 9.47. The van der Waals surface area contributed by atoms with Crippen molar-refractivity contribution in [3.63, 3.8) is 0 Å². The Morgan fingerprint density at radius 3 is 3.00 bits per heavy atom. The summed E-state index contributed by atoms with van der Waals surface area (Å²) in [4.78, 5) is 12.3. The Labute approximate surface area is 157 Å². The third-order valence-electron chi connectivity index (χ3n) is 4.94. The molecule has 1 heterocycles. The van der Waals surface area contributed by atoms with Crippen LogP contribution >= 0.6 is 0 Å². The van der Waals surface area contributed by atoms with Gasteiger partial charge in [0.05, 0.1) is 11.0 Å². The summed E-state index contributed by atoms with van der Waals surface area (Å²) in [5.74, 6) is 2.54. The molecule has 3 unspecified atom stereocenters. The van der Waals surface area contributed by atoms with Crippen molar-refractivity contribution in [2.45, 2.75) is 50.3 Å². The van der Waals surface area contributed by atoms with E-state index in [2.05, 4.69) is 25.6 Å². The lowest BCUT2D eigenvalue weighted by molar-refractivity contribution is 0.413. The molecule has 1 aliphatic carbocycles. The Morgan fingerprint density at radius 1 is 1.38 bits per heavy atom. The van der Waals surface area contributed by atoms with Gasteiger partial charge < -0.3 is 15.6 Å². The predicted octanol–water partition coefficient (Wildman–Crippen LogP) is 2.35. The van der Waals surface area contributed by atoms with Crippen LogP contribution in [0.25, 0.3) is 11.0 Å². The number of aliphatic imine (C=N–C) groups is 1. The molecule has 0 bridgehead atoms. The van der Waals surface area contributed by atoms with Gasteiger partial charge in [-0.05, 0) is 31.4 Å². The summed E-state index contributed by atoms with van der Waals surface area (Å²) in [7, 11) is 1.09. The van der Waals surface area contributed by atoms with E-state index in [1.807, 2.05) is 31.2 Å². The van der Waals surface area contributed by atoms with E-state index in [-0.39, 0.29) is 0 Å². The zero-order valence-electron chi connectivity index (χ0n) is 15.6. The number of aromatic amines is 1. The molecule has 142 valence electrons. The van der Waals surface area contributed by atoms with Crippen LogP contribution in [0.1, 0.15) is 38.4 Å². The normalized spacial score (nSPS) is 22.3. The maximum Gasteiger partial charge on any atom is 0.191 e. The highest BCUT2D eigenvalue weighted by atomic mass is 32.2. The Bertz CT molecular complexity index is 739. The number of nitrogens with zero attached hydrogens (tertiary/aromatic N) is 2. The smallest absolute Gasteiger partial charge is 0.191 e. The molecule has 0 amide bonds. The Hall–Kier alpha value is -1.89. The molecule has 6 nitrogen and oxygen atoms in total. The van der Waals surface area contributed by atoms with E-state index < -0.39 is 10.8 Å². The van der Waals surface area contributed by atoms with Crippen LogP contribution in [0.5, 0.6) is 0 Å². The zero-order valence-corrected chi connectivity index (χ0v) is 16.4. The number of guanidine groups is 1. The van der Waals surface area contributed by atoms with Crippen LogP contribution in [0.4, 0.5) is 0 Å². The van der Waals surface area contributed by atoms with Gasteiger partial charge in [0.2, 0.25) is 0 Å². The first-order chi connectivity index (χ1) is 12.7. The number of aromatic nitrogens is 2. The second-order valence-electron chi connectivity index (χ2n) is 6.75. The van der Waals surface area contributed by atoms with Gasteiger partial charge in [0.25, 0.3) is 0 Å². The number of nitrogens with one attached hydrogen (secondary N) is 3. The van der Waals surface area contributed by atoms with E-state index in [9.17, 15) is 4.21 Å². The van der Waals surface area contributed by atoms with Gasteiger partial charge in [0, 0.05) is 47.9 Å². The first kappa shape index (κ1) is 18.9. The largest absolute Gasteiger partial charge is 0.356 e. The maximum atomic E-state index is 12.1. The molecule has 1 aromatic carbocycles. The van der Waals surface area contributed by atoms with E-state index >= 15 is 0 Å². The number of benzene rings is 1. The van der Waals surface area contributed by atoms with Gasteiger partial charge in [-0.15, -0.1) is 0 Å². The Kier molecular flexibility index (Phi) is 6.66. The number of fused-ring (bicyclic) bond motifs is 1. The SMILES string of the molecule is CCS(=O)C1CCCC(NC(=NC)NCCc2nc3ccccc3[nH]2)C1. The molecule has 1 saturated carbocycles. The summed E-state index contributed by atoms with van der Waals surface area (Å²) in [5, 5.41) is 7.19. The molecule has 7 heteroatoms. The van der Waals surface area contributed by atoms with Gasteiger partial charge in [0.15, 0.2) is 5.96 Å². The molecule has 1 aromatic heterocycles. The van der Waals surface area contributed by atoms with E-state index in [4.69, 9.17) is 0 Å². The van der Waals surface area contributed by atoms with Crippen LogP contribution < -0.4 is 10.6 Å². The molecule has 1 fully saturated rings. The summed E-state index contributed by atoms with van der Waals surface area (Å²) in [6.07, 6.45) is 5.09. The monoisotopic (exact) mass is 375 g/mol. The average molecular weight is 376 g/mol. The molecule has 3 N–H and O–H groups in total. The average Bonchev–Trinajstić information content (AvgIpc) is 3.09. The minimum Gasteiger partial charge on any atom is -0.356 e. The molecule has 26 heavy (non-hydrogen) atoms. The van der Waals surface area contributed by atoms with Crippen molar-refractivity contribution in [1.82, 2.24) is 20.6 Å². The molecule has 0 saturated heterocycles. The Balaban J connectivity index is 1.48. The number of rotatable bonds is 6. The number of para-hydroxylation sites is 2. The molecule has 0 aliphatic heterocycles. The molecule has 3 atom stereocenters. The summed E-state index contributed by atoms with van der Waals surface area (Å²) >= 11 is 0. The lowest BCUT2D eigenvalue weighted by Gasteiger charge is -2.30. The Morgan fingerprint density at radius 2 is 2.23 bits per heavy atom. The number of imidazole rings is 1. The lowest BCUT2D eigenvalue weighted by Crippen LogP contribution is -2.47. The highest BCUT2D eigenvalue weighted by Gasteiger charge is 2.25. The van der Waals surface area contributed by atoms with Crippen molar-refractivity contribution in [2.24, 2.45) is 4.99 Å². The van der Waals surface area contributed by atoms with E-state index in [0.29, 0.717) is 11.3 Å². The fourth-order valence-electron chi connectivity index (χ4n) is 3.56. The summed E-state index contributed by atoms with van der Waals surface area (Å²) in [6, 6.07) is 8.42. The highest BCUT2D eigenvalue weighted by Crippen LogP contribution is 2.22. The molecule has 0 radical (unpaired) electrons. The van der Waals surface area contributed by atoms with Gasteiger partial charge in [-0.1, -0.05) is 25.5 Å². The molecular weight excluding hydrogens is 346 g/mol. The van der Waals surface area contributed by atoms with Crippen molar-refractivity contribution in [3.05, 3.63) is 30.1 Å². The number of hydrogen-bond acceptors (Lipinski definition) is 3. The minimum atomic E-state index is -0.702. The van der Waals surface area contributed by atoms with Crippen molar-refractivity contribution in [2.75, 3.05) is 19.3 Å². The zero-order chi connectivity index (χ0) is 18.4. The van der Waals surface area contributed by atoms with Crippen molar-refractivity contribution in [3.8, 4) is 0 Å². The molecule has 2 aromatic rings. The van der Waals surface area contributed by atoms with Crippen LogP contribution in [-0.4, -0.2) is 50.8 Å². The summed E-state index contributed by atoms with van der Waals surface area (Å²) in [5.41, 5.74) is 2.07. The fourth-order valence-corrected chi connectivity index (χ4v) is 4.91. The molecule has 3 rings (SSSR count). The van der Waals surface area contributed by atoms with Gasteiger partial charge in [-0.2, -0.15) is 0 Å². The molecule has 0 spiro atoms. The summed E-state index contributed by atoms with van der Waals surface area (Å²) < 4.78 is 12.1. The van der Waals surface area contributed by atoms with Crippen molar-refractivity contribution < 1.29 is 4.21 Å². The van der Waals surface area contributed by atoms with Gasteiger partial charge >= 0.3 is 0 Å². The van der Waals surface area contributed by atoms with Crippen LogP contribution in [0, 0.1) is 0 Å². The highest BCUT2D eigenvalue weighted by molar-refractivity contribution is 7.85. The third-order valence-corrected chi connectivity index (χ3v) is 6.68. The van der Waals surface area contributed by atoms with Crippen molar-refractivity contribution >= 4 is 27.8 Å². The van der Waals surface area contributed by atoms with E-state index in [1.165, 1.54) is 0 Å². The van der Waals surface area contributed by atoms with Gasteiger partial charge in [-0.3, -0.25) is 9.20 Å². The van der Waals surface area contributed by atoms with E-state index in [1.54, 1.807) is 7.05 Å². The first-order valence-corrected chi connectivity index (χ1v) is 10.9. The lowest BCUT2D eigenvalue weighted by atomic mass is 9.95. The third kappa shape index (κ3) is 4.84. The predicted molar refractivity (Wildman–Crippen MR) is 109 cm³/mol. The van der Waals surface area contributed by atoms with Crippen LogP contribution in [0.15, 0.2) is 29.3 Å². The standard InChI is InChI=1S/C19H29N5OS/c1-3-26(25)15-8-6-7-14(13-15)22-19(20-2)21-12-11-18-23-16-9-4-5-10-17(16)24-18/h4-5,9-10,14-15H,3,6-8,11-13H2,1-2H3,(H,23,24)(H2,20,21,22). The summed E-state index contributed by atoms with van der Waals surface area (Å²) in [6.45, 7) is 2.77. The second kappa shape index (κ2) is 9.16. The van der Waals surface area contributed by atoms with Crippen LogP contribution in [-0.2, 0) is 17.2 Å². The van der Waals surface area contributed by atoms with Crippen LogP contribution in [0.3, 0.4) is 0 Å². The fraction of sp³-hybridized carbons (Fsp3) is 0.579. The van der Waals surface area contributed by atoms with Gasteiger partial charge in [0.1, 0.15) is 5.82 Å². The number of hydrogen-bond donors (Lipinski definition) is 3. The van der Waals surface area contributed by atoms with Crippen molar-refractivity contribution in [1.29, 1.82) is 0 Å².